The van der Waals surface area contributed by atoms with Crippen LogP contribution in [0.4, 0.5) is 0 Å². The van der Waals surface area contributed by atoms with Crippen LogP contribution in [0, 0.1) is 0 Å². The average molecular weight is 245 g/mol. The molecule has 5 heteroatoms. The first kappa shape index (κ1) is 13.2. The van der Waals surface area contributed by atoms with Crippen LogP contribution in [0.2, 0.25) is 0 Å². The van der Waals surface area contributed by atoms with Gasteiger partial charge in [-0.05, 0) is 31.5 Å². The number of hydrogen-bond donors (Lipinski definition) is 1. The average Bonchev–Trinajstić information content (AvgIpc) is 2.87. The van der Waals surface area contributed by atoms with Gasteiger partial charge in [-0.3, -0.25) is 9.69 Å². The molecule has 90 valence electrons. The van der Waals surface area contributed by atoms with Gasteiger partial charge in [-0.2, -0.15) is 0 Å². The third-order valence-corrected chi connectivity index (χ3v) is 2.91. The second-order valence-electron chi connectivity index (χ2n) is 3.90. The Morgan fingerprint density at radius 3 is 3.06 bits per heavy atom. The smallest absolute Gasteiger partial charge is 0.211 e. The van der Waals surface area contributed by atoms with Crippen LogP contribution >= 0.6 is 12.4 Å². The van der Waals surface area contributed by atoms with Gasteiger partial charge in [0.25, 0.3) is 0 Å². The van der Waals surface area contributed by atoms with Crippen molar-refractivity contribution in [2.24, 2.45) is 5.73 Å². The molecule has 4 nitrogen and oxygen atoms in total. The zero-order chi connectivity index (χ0) is 10.7. The molecule has 2 N–H and O–H groups in total. The number of halogens is 1. The Morgan fingerprint density at radius 1 is 1.62 bits per heavy atom. The van der Waals surface area contributed by atoms with E-state index >= 15 is 0 Å². The lowest BCUT2D eigenvalue weighted by atomic mass is 10.2. The van der Waals surface area contributed by atoms with Crippen molar-refractivity contribution in [2.45, 2.75) is 18.9 Å². The Morgan fingerprint density at radius 2 is 2.44 bits per heavy atom. The number of ketones is 1. The van der Waals surface area contributed by atoms with Crippen LogP contribution in [0.1, 0.15) is 23.4 Å². The Balaban J connectivity index is 0.00000128. The Bertz CT molecular complexity index is 327. The van der Waals surface area contributed by atoms with Gasteiger partial charge >= 0.3 is 0 Å². The molecule has 1 aliphatic rings. The highest BCUT2D eigenvalue weighted by atomic mass is 35.5. The zero-order valence-electron chi connectivity index (χ0n) is 9.09. The molecule has 1 aromatic heterocycles. The van der Waals surface area contributed by atoms with Crippen LogP contribution in [0.5, 0.6) is 0 Å². The van der Waals surface area contributed by atoms with E-state index in [1.165, 1.54) is 6.26 Å². The van der Waals surface area contributed by atoms with Crippen LogP contribution in [0.3, 0.4) is 0 Å². The minimum atomic E-state index is 0. The summed E-state index contributed by atoms with van der Waals surface area (Å²) >= 11 is 0. The molecule has 0 aliphatic carbocycles. The second-order valence-corrected chi connectivity index (χ2v) is 3.90. The summed E-state index contributed by atoms with van der Waals surface area (Å²) in [6, 6.07) is 3.80. The molecule has 0 aromatic carbocycles. The monoisotopic (exact) mass is 244 g/mol. The van der Waals surface area contributed by atoms with Gasteiger partial charge in [0, 0.05) is 12.6 Å². The van der Waals surface area contributed by atoms with Crippen molar-refractivity contribution in [2.75, 3.05) is 19.6 Å². The summed E-state index contributed by atoms with van der Waals surface area (Å²) in [5, 5.41) is 0. The van der Waals surface area contributed by atoms with Crippen molar-refractivity contribution in [3.05, 3.63) is 24.2 Å². The van der Waals surface area contributed by atoms with E-state index in [2.05, 4.69) is 4.90 Å². The van der Waals surface area contributed by atoms with Gasteiger partial charge in [-0.1, -0.05) is 0 Å². The molecule has 2 rings (SSSR count). The predicted molar refractivity (Wildman–Crippen MR) is 63.9 cm³/mol. The summed E-state index contributed by atoms with van der Waals surface area (Å²) in [5.74, 6) is 0.484. The lowest BCUT2D eigenvalue weighted by Gasteiger charge is -2.21. The number of rotatable bonds is 4. The molecule has 1 atom stereocenters. The van der Waals surface area contributed by atoms with Crippen molar-refractivity contribution in [3.8, 4) is 0 Å². The fourth-order valence-electron chi connectivity index (χ4n) is 2.07. The number of likely N-dealkylation sites (tertiary alicyclic amines) is 1. The first-order valence-corrected chi connectivity index (χ1v) is 5.32. The summed E-state index contributed by atoms with van der Waals surface area (Å²) in [7, 11) is 0. The van der Waals surface area contributed by atoms with Gasteiger partial charge in [0.2, 0.25) is 5.78 Å². The number of furan rings is 1. The molecule has 0 amide bonds. The van der Waals surface area contributed by atoms with Crippen LogP contribution in [-0.2, 0) is 0 Å². The van der Waals surface area contributed by atoms with Crippen molar-refractivity contribution in [1.82, 2.24) is 4.90 Å². The summed E-state index contributed by atoms with van der Waals surface area (Å²) in [4.78, 5) is 13.9. The molecule has 0 spiro atoms. The topological polar surface area (TPSA) is 59.5 Å². The van der Waals surface area contributed by atoms with E-state index in [0.29, 0.717) is 24.9 Å². The largest absolute Gasteiger partial charge is 0.461 e. The highest BCUT2D eigenvalue weighted by Gasteiger charge is 2.25. The van der Waals surface area contributed by atoms with Gasteiger partial charge in [-0.25, -0.2) is 0 Å². The number of carbonyl (C=O) groups is 1. The zero-order valence-corrected chi connectivity index (χ0v) is 9.91. The molecule has 2 heterocycles. The third-order valence-electron chi connectivity index (χ3n) is 2.91. The van der Waals surface area contributed by atoms with E-state index < -0.39 is 0 Å². The standard InChI is InChI=1S/C11H16N2O2.ClH/c12-7-9-3-1-5-13(9)8-10(14)11-4-2-6-15-11;/h2,4,6,9H,1,3,5,7-8,12H2;1H. The van der Waals surface area contributed by atoms with Crippen LogP contribution in [0.25, 0.3) is 0 Å². The molecule has 16 heavy (non-hydrogen) atoms. The van der Waals surface area contributed by atoms with Crippen LogP contribution < -0.4 is 5.73 Å². The first-order valence-electron chi connectivity index (χ1n) is 5.32. The highest BCUT2D eigenvalue weighted by Crippen LogP contribution is 2.16. The number of nitrogens with two attached hydrogens (primary N) is 1. The Labute approximate surface area is 101 Å². The van der Waals surface area contributed by atoms with E-state index in [1.807, 2.05) is 0 Å². The second kappa shape index (κ2) is 6.03. The molecular weight excluding hydrogens is 228 g/mol. The Hall–Kier alpha value is -0.840. The normalized spacial score (nSPS) is 20.7. The maximum atomic E-state index is 11.7. The quantitative estimate of drug-likeness (QED) is 0.812. The molecular formula is C11H17ClN2O2. The number of Topliss-reactive ketones (excluding diaryl/α,β-unsaturated/α-hetero) is 1. The van der Waals surface area contributed by atoms with Crippen LogP contribution in [-0.4, -0.2) is 36.4 Å². The molecule has 1 unspecified atom stereocenters. The van der Waals surface area contributed by atoms with Gasteiger partial charge < -0.3 is 10.2 Å². The lowest BCUT2D eigenvalue weighted by Crippen LogP contribution is -2.38. The van der Waals surface area contributed by atoms with Crippen molar-refractivity contribution < 1.29 is 9.21 Å². The molecule has 1 saturated heterocycles. The SMILES string of the molecule is Cl.NCC1CCCN1CC(=O)c1ccco1. The third kappa shape index (κ3) is 2.84. The maximum Gasteiger partial charge on any atom is 0.211 e. The molecule has 1 aromatic rings. The van der Waals surface area contributed by atoms with Gasteiger partial charge in [0.1, 0.15) is 0 Å². The van der Waals surface area contributed by atoms with Crippen molar-refractivity contribution in [3.63, 3.8) is 0 Å². The number of nitrogens with zero attached hydrogens (tertiary/aromatic N) is 1. The summed E-state index contributed by atoms with van der Waals surface area (Å²) in [6.07, 6.45) is 3.76. The molecule has 1 fully saturated rings. The summed E-state index contributed by atoms with van der Waals surface area (Å²) in [5.41, 5.74) is 5.64. The maximum absolute atomic E-state index is 11.7. The molecule has 0 saturated carbocycles. The first-order chi connectivity index (χ1) is 7.31. The summed E-state index contributed by atoms with van der Waals surface area (Å²) in [6.45, 7) is 2.02. The molecule has 0 radical (unpaired) electrons. The predicted octanol–water partition coefficient (Wildman–Crippen LogP) is 1.31. The van der Waals surface area contributed by atoms with E-state index in [0.717, 1.165) is 19.4 Å². The van der Waals surface area contributed by atoms with E-state index in [4.69, 9.17) is 10.2 Å². The van der Waals surface area contributed by atoms with Gasteiger partial charge in [-0.15, -0.1) is 12.4 Å². The minimum absolute atomic E-state index is 0. The van der Waals surface area contributed by atoms with Crippen molar-refractivity contribution in [1.29, 1.82) is 0 Å². The van der Waals surface area contributed by atoms with E-state index in [1.54, 1.807) is 12.1 Å². The molecule has 1 aliphatic heterocycles. The van der Waals surface area contributed by atoms with Gasteiger partial charge in [0.15, 0.2) is 5.76 Å². The lowest BCUT2D eigenvalue weighted by molar-refractivity contribution is 0.0896. The Kier molecular flexibility index (Phi) is 4.99. The molecule has 0 bridgehead atoms. The van der Waals surface area contributed by atoms with Crippen molar-refractivity contribution >= 4 is 18.2 Å². The van der Waals surface area contributed by atoms with Crippen LogP contribution in [0.15, 0.2) is 22.8 Å². The number of hydrogen-bond acceptors (Lipinski definition) is 4. The summed E-state index contributed by atoms with van der Waals surface area (Å²) < 4.78 is 5.07. The highest BCUT2D eigenvalue weighted by molar-refractivity contribution is 5.95. The van der Waals surface area contributed by atoms with Gasteiger partial charge in [0.05, 0.1) is 12.8 Å². The van der Waals surface area contributed by atoms with E-state index in [9.17, 15) is 4.79 Å². The fourth-order valence-corrected chi connectivity index (χ4v) is 2.07. The fraction of sp³-hybridized carbons (Fsp3) is 0.545. The minimum Gasteiger partial charge on any atom is -0.461 e. The van der Waals surface area contributed by atoms with E-state index in [-0.39, 0.29) is 18.2 Å². The number of carbonyl (C=O) groups excluding carboxylic acids is 1.